The van der Waals surface area contributed by atoms with Crippen molar-refractivity contribution < 1.29 is 18.9 Å². The summed E-state index contributed by atoms with van der Waals surface area (Å²) in [5, 5.41) is 7.19. The standard InChI is InChI=1S/C19H23ClN2O4S/c1-23-15-7-5-6-12(18(15)26-4)8-9-21-19(27)22-14-11-16(24-2)13(20)10-17(14)25-3/h5-7,10-11H,8-9H2,1-4H3,(H2,21,22,27). The third-order valence-corrected chi connectivity index (χ3v) is 4.43. The average Bonchev–Trinajstić information content (AvgIpc) is 2.68. The highest BCUT2D eigenvalue weighted by Crippen LogP contribution is 2.36. The molecular formula is C19H23ClN2O4S. The van der Waals surface area contributed by atoms with E-state index < -0.39 is 0 Å². The van der Waals surface area contributed by atoms with Crippen molar-refractivity contribution in [3.63, 3.8) is 0 Å². The Kier molecular flexibility index (Phi) is 7.82. The van der Waals surface area contributed by atoms with E-state index in [1.54, 1.807) is 40.6 Å². The third-order valence-electron chi connectivity index (χ3n) is 3.89. The van der Waals surface area contributed by atoms with Gasteiger partial charge in [0.15, 0.2) is 16.6 Å². The van der Waals surface area contributed by atoms with Crippen molar-refractivity contribution >= 4 is 34.6 Å². The Balaban J connectivity index is 2.00. The minimum absolute atomic E-state index is 0.458. The first kappa shape index (κ1) is 20.9. The van der Waals surface area contributed by atoms with E-state index in [2.05, 4.69) is 10.6 Å². The molecule has 0 saturated heterocycles. The number of halogens is 1. The fourth-order valence-corrected chi connectivity index (χ4v) is 3.03. The van der Waals surface area contributed by atoms with Crippen molar-refractivity contribution in [2.24, 2.45) is 0 Å². The molecule has 2 rings (SSSR count). The molecule has 0 saturated carbocycles. The lowest BCUT2D eigenvalue weighted by Gasteiger charge is -2.16. The predicted molar refractivity (Wildman–Crippen MR) is 112 cm³/mol. The van der Waals surface area contributed by atoms with Gasteiger partial charge in [0.05, 0.1) is 39.1 Å². The molecule has 2 aromatic rings. The van der Waals surface area contributed by atoms with Crippen LogP contribution in [0.4, 0.5) is 5.69 Å². The molecule has 0 spiro atoms. The van der Waals surface area contributed by atoms with Gasteiger partial charge in [-0.2, -0.15) is 0 Å². The lowest BCUT2D eigenvalue weighted by molar-refractivity contribution is 0.351. The number of rotatable bonds is 8. The first-order valence-electron chi connectivity index (χ1n) is 8.20. The Bertz CT molecular complexity index is 802. The average molecular weight is 411 g/mol. The van der Waals surface area contributed by atoms with E-state index in [9.17, 15) is 0 Å². The monoisotopic (exact) mass is 410 g/mol. The van der Waals surface area contributed by atoms with E-state index in [1.165, 1.54) is 0 Å². The normalized spacial score (nSPS) is 10.1. The summed E-state index contributed by atoms with van der Waals surface area (Å²) in [4.78, 5) is 0. The van der Waals surface area contributed by atoms with Crippen molar-refractivity contribution in [1.82, 2.24) is 5.32 Å². The number of para-hydroxylation sites is 1. The lowest BCUT2D eigenvalue weighted by atomic mass is 10.1. The third kappa shape index (κ3) is 5.30. The molecule has 27 heavy (non-hydrogen) atoms. The minimum Gasteiger partial charge on any atom is -0.495 e. The second-order valence-electron chi connectivity index (χ2n) is 5.47. The number of anilines is 1. The van der Waals surface area contributed by atoms with Gasteiger partial charge >= 0.3 is 0 Å². The fourth-order valence-electron chi connectivity index (χ4n) is 2.59. The molecule has 0 amide bonds. The first-order chi connectivity index (χ1) is 13.0. The van der Waals surface area contributed by atoms with E-state index in [0.717, 1.165) is 11.3 Å². The van der Waals surface area contributed by atoms with Crippen LogP contribution in [-0.2, 0) is 6.42 Å². The zero-order valence-electron chi connectivity index (χ0n) is 15.7. The molecule has 0 atom stereocenters. The Hall–Kier alpha value is -2.38. The van der Waals surface area contributed by atoms with E-state index in [0.29, 0.717) is 46.0 Å². The maximum absolute atomic E-state index is 6.12. The van der Waals surface area contributed by atoms with E-state index in [-0.39, 0.29) is 0 Å². The largest absolute Gasteiger partial charge is 0.495 e. The van der Waals surface area contributed by atoms with Gasteiger partial charge in [0, 0.05) is 18.7 Å². The summed E-state index contributed by atoms with van der Waals surface area (Å²) in [6.07, 6.45) is 0.712. The number of hydrogen-bond donors (Lipinski definition) is 2. The first-order valence-corrected chi connectivity index (χ1v) is 8.98. The van der Waals surface area contributed by atoms with Gasteiger partial charge in [-0.05, 0) is 30.3 Å². The quantitative estimate of drug-likeness (QED) is 0.640. The van der Waals surface area contributed by atoms with Gasteiger partial charge in [-0.15, -0.1) is 0 Å². The second-order valence-corrected chi connectivity index (χ2v) is 6.29. The van der Waals surface area contributed by atoms with Crippen LogP contribution in [0.2, 0.25) is 5.02 Å². The van der Waals surface area contributed by atoms with Crippen LogP contribution < -0.4 is 29.6 Å². The summed E-state index contributed by atoms with van der Waals surface area (Å²) in [6.45, 7) is 0.613. The Morgan fingerprint density at radius 3 is 2.30 bits per heavy atom. The van der Waals surface area contributed by atoms with Gasteiger partial charge in [-0.25, -0.2) is 0 Å². The highest BCUT2D eigenvalue weighted by atomic mass is 35.5. The molecule has 0 aliphatic heterocycles. The predicted octanol–water partition coefficient (Wildman–Crippen LogP) is 3.90. The van der Waals surface area contributed by atoms with Crippen LogP contribution in [0.25, 0.3) is 0 Å². The molecule has 0 heterocycles. The zero-order valence-corrected chi connectivity index (χ0v) is 17.3. The molecule has 0 aliphatic carbocycles. The smallest absolute Gasteiger partial charge is 0.170 e. The van der Waals surface area contributed by atoms with Gasteiger partial charge in [0.25, 0.3) is 0 Å². The van der Waals surface area contributed by atoms with E-state index >= 15 is 0 Å². The van der Waals surface area contributed by atoms with Crippen molar-refractivity contribution in [2.75, 3.05) is 40.3 Å². The summed E-state index contributed by atoms with van der Waals surface area (Å²) in [5.74, 6) is 2.53. The van der Waals surface area contributed by atoms with Crippen LogP contribution in [0.3, 0.4) is 0 Å². The lowest BCUT2D eigenvalue weighted by Crippen LogP contribution is -2.30. The SMILES string of the molecule is COc1cc(NC(=S)NCCc2cccc(OC)c2OC)c(OC)cc1Cl. The van der Waals surface area contributed by atoms with Crippen molar-refractivity contribution in [3.8, 4) is 23.0 Å². The van der Waals surface area contributed by atoms with E-state index in [4.69, 9.17) is 42.8 Å². The summed E-state index contributed by atoms with van der Waals surface area (Å²) >= 11 is 11.5. The molecule has 146 valence electrons. The number of hydrogen-bond acceptors (Lipinski definition) is 5. The fraction of sp³-hybridized carbons (Fsp3) is 0.316. The van der Waals surface area contributed by atoms with E-state index in [1.807, 2.05) is 18.2 Å². The van der Waals surface area contributed by atoms with Crippen molar-refractivity contribution in [1.29, 1.82) is 0 Å². The summed E-state index contributed by atoms with van der Waals surface area (Å²) in [7, 11) is 6.36. The topological polar surface area (TPSA) is 61.0 Å². The van der Waals surface area contributed by atoms with Gasteiger partial charge in [-0.1, -0.05) is 23.7 Å². The molecule has 0 aliphatic rings. The molecule has 6 nitrogen and oxygen atoms in total. The van der Waals surface area contributed by atoms with Gasteiger partial charge < -0.3 is 29.6 Å². The van der Waals surface area contributed by atoms with Gasteiger partial charge in [0.1, 0.15) is 11.5 Å². The number of methoxy groups -OCH3 is 4. The van der Waals surface area contributed by atoms with Crippen LogP contribution in [0, 0.1) is 0 Å². The van der Waals surface area contributed by atoms with Crippen molar-refractivity contribution in [3.05, 3.63) is 40.9 Å². The van der Waals surface area contributed by atoms with Crippen molar-refractivity contribution in [2.45, 2.75) is 6.42 Å². The summed E-state index contributed by atoms with van der Waals surface area (Å²) < 4.78 is 21.3. The summed E-state index contributed by atoms with van der Waals surface area (Å²) in [5.41, 5.74) is 1.69. The highest BCUT2D eigenvalue weighted by Gasteiger charge is 2.12. The maximum Gasteiger partial charge on any atom is 0.170 e. The van der Waals surface area contributed by atoms with Crippen LogP contribution in [0.15, 0.2) is 30.3 Å². The maximum atomic E-state index is 6.12. The number of nitrogens with one attached hydrogen (secondary N) is 2. The van der Waals surface area contributed by atoms with Crippen LogP contribution in [0.5, 0.6) is 23.0 Å². The summed E-state index contributed by atoms with van der Waals surface area (Å²) in [6, 6.07) is 9.19. The second kappa shape index (κ2) is 10.1. The molecule has 0 bridgehead atoms. The number of ether oxygens (including phenoxy) is 4. The highest BCUT2D eigenvalue weighted by molar-refractivity contribution is 7.80. The Labute approximate surface area is 169 Å². The van der Waals surface area contributed by atoms with Gasteiger partial charge in [0.2, 0.25) is 0 Å². The Morgan fingerprint density at radius 2 is 1.67 bits per heavy atom. The molecule has 8 heteroatoms. The molecule has 0 aromatic heterocycles. The van der Waals surface area contributed by atoms with Crippen LogP contribution >= 0.6 is 23.8 Å². The Morgan fingerprint density at radius 1 is 0.963 bits per heavy atom. The molecule has 0 unspecified atom stereocenters. The molecule has 2 N–H and O–H groups in total. The number of benzene rings is 2. The molecule has 0 radical (unpaired) electrons. The number of thiocarbonyl (C=S) groups is 1. The van der Waals surface area contributed by atoms with Crippen LogP contribution in [-0.4, -0.2) is 40.1 Å². The molecule has 2 aromatic carbocycles. The molecule has 0 fully saturated rings. The zero-order chi connectivity index (χ0) is 19.8. The minimum atomic E-state index is 0.458. The van der Waals surface area contributed by atoms with Crippen LogP contribution in [0.1, 0.15) is 5.56 Å². The molecular weight excluding hydrogens is 388 g/mol. The van der Waals surface area contributed by atoms with Gasteiger partial charge in [-0.3, -0.25) is 0 Å².